The monoisotopic (exact) mass is 289 g/mol. The van der Waals surface area contributed by atoms with Crippen LogP contribution < -0.4 is 10.1 Å². The highest BCUT2D eigenvalue weighted by atomic mass is 16.5. The zero-order valence-corrected chi connectivity index (χ0v) is 14.1. The maximum absolute atomic E-state index is 5.74. The Balaban J connectivity index is 1.85. The summed E-state index contributed by atoms with van der Waals surface area (Å²) in [5.74, 6) is 2.40. The van der Waals surface area contributed by atoms with Gasteiger partial charge < -0.3 is 10.1 Å². The van der Waals surface area contributed by atoms with Crippen molar-refractivity contribution in [3.05, 3.63) is 29.8 Å². The van der Waals surface area contributed by atoms with Crippen molar-refractivity contribution in [2.75, 3.05) is 6.61 Å². The van der Waals surface area contributed by atoms with E-state index >= 15 is 0 Å². The summed E-state index contributed by atoms with van der Waals surface area (Å²) >= 11 is 0. The molecule has 1 aliphatic carbocycles. The summed E-state index contributed by atoms with van der Waals surface area (Å²) in [4.78, 5) is 0. The summed E-state index contributed by atoms with van der Waals surface area (Å²) < 4.78 is 5.74. The van der Waals surface area contributed by atoms with Crippen LogP contribution in [-0.4, -0.2) is 12.6 Å². The van der Waals surface area contributed by atoms with Crippen LogP contribution in [0.3, 0.4) is 0 Å². The van der Waals surface area contributed by atoms with Crippen LogP contribution in [-0.2, 0) is 0 Å². The van der Waals surface area contributed by atoms with E-state index in [1.54, 1.807) is 0 Å². The van der Waals surface area contributed by atoms with Crippen molar-refractivity contribution in [1.82, 2.24) is 5.32 Å². The molecule has 1 saturated carbocycles. The Morgan fingerprint density at radius 1 is 1.05 bits per heavy atom. The SMILES string of the molecule is CC(C)COc1ccc(C(C)N[C@H](C)C2CCCC2)cc1. The average Bonchev–Trinajstić information content (AvgIpc) is 3.00. The minimum atomic E-state index is 0.403. The lowest BCUT2D eigenvalue weighted by molar-refractivity contribution is 0.271. The van der Waals surface area contributed by atoms with Gasteiger partial charge in [0.1, 0.15) is 5.75 Å². The second kappa shape index (κ2) is 7.84. The standard InChI is InChI=1S/C19H31NO/c1-14(2)13-21-19-11-9-18(10-12-19)16(4)20-15(3)17-7-5-6-8-17/h9-12,14-17,20H,5-8,13H2,1-4H3/t15-,16?/m1/s1. The molecule has 2 rings (SSSR count). The van der Waals surface area contributed by atoms with Gasteiger partial charge in [0.15, 0.2) is 0 Å². The lowest BCUT2D eigenvalue weighted by Gasteiger charge is -2.25. The Kier molecular flexibility index (Phi) is 6.10. The third-order valence-corrected chi connectivity index (χ3v) is 4.58. The van der Waals surface area contributed by atoms with Crippen molar-refractivity contribution in [2.24, 2.45) is 11.8 Å². The molecule has 0 saturated heterocycles. The van der Waals surface area contributed by atoms with Gasteiger partial charge in [-0.1, -0.05) is 38.8 Å². The van der Waals surface area contributed by atoms with Gasteiger partial charge in [0, 0.05) is 12.1 Å². The van der Waals surface area contributed by atoms with Crippen LogP contribution >= 0.6 is 0 Å². The minimum absolute atomic E-state index is 0.403. The summed E-state index contributed by atoms with van der Waals surface area (Å²) in [6.45, 7) is 9.73. The van der Waals surface area contributed by atoms with Crippen molar-refractivity contribution in [2.45, 2.75) is 65.5 Å². The van der Waals surface area contributed by atoms with Crippen molar-refractivity contribution in [3.63, 3.8) is 0 Å². The van der Waals surface area contributed by atoms with E-state index in [9.17, 15) is 0 Å². The molecule has 0 spiro atoms. The normalized spacial score (nSPS) is 18.9. The first-order chi connectivity index (χ1) is 10.1. The molecule has 1 unspecified atom stereocenters. The molecule has 0 aromatic heterocycles. The van der Waals surface area contributed by atoms with Crippen molar-refractivity contribution in [1.29, 1.82) is 0 Å². The Morgan fingerprint density at radius 3 is 2.24 bits per heavy atom. The third kappa shape index (κ3) is 5.03. The summed E-state index contributed by atoms with van der Waals surface area (Å²) in [6, 6.07) is 9.58. The fourth-order valence-electron chi connectivity index (χ4n) is 3.20. The molecule has 1 aromatic rings. The largest absolute Gasteiger partial charge is 0.493 e. The van der Waals surface area contributed by atoms with E-state index in [0.717, 1.165) is 18.3 Å². The van der Waals surface area contributed by atoms with Gasteiger partial charge in [-0.05, 0) is 56.2 Å². The molecular weight excluding hydrogens is 258 g/mol. The topological polar surface area (TPSA) is 21.3 Å². The fourth-order valence-corrected chi connectivity index (χ4v) is 3.20. The Hall–Kier alpha value is -1.02. The van der Waals surface area contributed by atoms with Crippen LogP contribution in [0.5, 0.6) is 5.75 Å². The summed E-state index contributed by atoms with van der Waals surface area (Å²) in [5, 5.41) is 3.77. The number of benzene rings is 1. The summed E-state index contributed by atoms with van der Waals surface area (Å²) in [5.41, 5.74) is 1.34. The molecule has 2 nitrogen and oxygen atoms in total. The maximum atomic E-state index is 5.74. The second-order valence-corrected chi connectivity index (χ2v) is 7.00. The molecule has 2 atom stereocenters. The first kappa shape index (κ1) is 16.4. The molecule has 0 amide bonds. The Morgan fingerprint density at radius 2 is 1.67 bits per heavy atom. The first-order valence-electron chi connectivity index (χ1n) is 8.55. The van der Waals surface area contributed by atoms with Gasteiger partial charge in [-0.2, -0.15) is 0 Å². The lowest BCUT2D eigenvalue weighted by Crippen LogP contribution is -2.34. The van der Waals surface area contributed by atoms with Crippen LogP contribution in [0.15, 0.2) is 24.3 Å². The zero-order chi connectivity index (χ0) is 15.2. The van der Waals surface area contributed by atoms with Gasteiger partial charge in [-0.25, -0.2) is 0 Å². The summed E-state index contributed by atoms with van der Waals surface area (Å²) in [7, 11) is 0. The molecule has 1 aliphatic rings. The summed E-state index contributed by atoms with van der Waals surface area (Å²) in [6.07, 6.45) is 5.60. The third-order valence-electron chi connectivity index (χ3n) is 4.58. The molecule has 0 heterocycles. The van der Waals surface area contributed by atoms with E-state index in [2.05, 4.69) is 57.3 Å². The predicted octanol–water partition coefficient (Wildman–Crippen LogP) is 4.95. The van der Waals surface area contributed by atoms with Crippen molar-refractivity contribution < 1.29 is 4.74 Å². The minimum Gasteiger partial charge on any atom is -0.493 e. The van der Waals surface area contributed by atoms with Gasteiger partial charge in [0.25, 0.3) is 0 Å². The van der Waals surface area contributed by atoms with Gasteiger partial charge in [-0.15, -0.1) is 0 Å². The molecule has 118 valence electrons. The smallest absolute Gasteiger partial charge is 0.119 e. The number of hydrogen-bond donors (Lipinski definition) is 1. The maximum Gasteiger partial charge on any atom is 0.119 e. The van der Waals surface area contributed by atoms with E-state index in [1.165, 1.54) is 31.2 Å². The van der Waals surface area contributed by atoms with Crippen LogP contribution in [0.2, 0.25) is 0 Å². The predicted molar refractivity (Wildman–Crippen MR) is 89.7 cm³/mol. The number of nitrogens with one attached hydrogen (secondary N) is 1. The van der Waals surface area contributed by atoms with Gasteiger partial charge >= 0.3 is 0 Å². The van der Waals surface area contributed by atoms with E-state index in [-0.39, 0.29) is 0 Å². The quantitative estimate of drug-likeness (QED) is 0.766. The Bertz CT molecular complexity index is 406. The van der Waals surface area contributed by atoms with Gasteiger partial charge in [-0.3, -0.25) is 0 Å². The second-order valence-electron chi connectivity index (χ2n) is 7.00. The van der Waals surface area contributed by atoms with Crippen molar-refractivity contribution >= 4 is 0 Å². The van der Waals surface area contributed by atoms with Gasteiger partial charge in [0.05, 0.1) is 6.61 Å². The molecule has 0 radical (unpaired) electrons. The highest BCUT2D eigenvalue weighted by molar-refractivity contribution is 5.29. The van der Waals surface area contributed by atoms with Crippen LogP contribution in [0, 0.1) is 11.8 Å². The lowest BCUT2D eigenvalue weighted by atomic mass is 9.98. The average molecular weight is 289 g/mol. The molecule has 0 aliphatic heterocycles. The molecular formula is C19H31NO. The molecule has 1 fully saturated rings. The molecule has 2 heteroatoms. The van der Waals surface area contributed by atoms with E-state index < -0.39 is 0 Å². The Labute approximate surface area is 130 Å². The highest BCUT2D eigenvalue weighted by Gasteiger charge is 2.22. The molecule has 1 N–H and O–H groups in total. The van der Waals surface area contributed by atoms with Crippen LogP contribution in [0.4, 0.5) is 0 Å². The van der Waals surface area contributed by atoms with Gasteiger partial charge in [0.2, 0.25) is 0 Å². The van der Waals surface area contributed by atoms with E-state index in [0.29, 0.717) is 18.0 Å². The van der Waals surface area contributed by atoms with Crippen molar-refractivity contribution in [3.8, 4) is 5.75 Å². The molecule has 1 aromatic carbocycles. The highest BCUT2D eigenvalue weighted by Crippen LogP contribution is 2.29. The number of rotatable bonds is 7. The number of ether oxygens (including phenoxy) is 1. The van der Waals surface area contributed by atoms with Crippen LogP contribution in [0.25, 0.3) is 0 Å². The molecule has 21 heavy (non-hydrogen) atoms. The van der Waals surface area contributed by atoms with Crippen LogP contribution in [0.1, 0.15) is 65.0 Å². The zero-order valence-electron chi connectivity index (χ0n) is 14.1. The fraction of sp³-hybridized carbons (Fsp3) is 0.684. The van der Waals surface area contributed by atoms with E-state index in [4.69, 9.17) is 4.74 Å². The molecule has 0 bridgehead atoms. The number of hydrogen-bond acceptors (Lipinski definition) is 2. The first-order valence-corrected chi connectivity index (χ1v) is 8.55. The van der Waals surface area contributed by atoms with E-state index in [1.807, 2.05) is 0 Å².